The third-order valence-electron chi connectivity index (χ3n) is 14.6. The zero-order chi connectivity index (χ0) is 50.7. The van der Waals surface area contributed by atoms with Crippen LogP contribution in [-0.4, -0.2) is 60.8 Å². The number of nitrogens with zero attached hydrogens (tertiary/aromatic N) is 6. The van der Waals surface area contributed by atoms with E-state index in [9.17, 15) is 9.59 Å². The fourth-order valence-corrected chi connectivity index (χ4v) is 18.8. The second kappa shape index (κ2) is 19.0. The second-order valence-corrected chi connectivity index (χ2v) is 27.9. The summed E-state index contributed by atoms with van der Waals surface area (Å²) in [6, 6.07) is 18.9. The Balaban J connectivity index is 1.07. The number of thiophene rings is 2. The predicted molar refractivity (Wildman–Crippen MR) is 316 cm³/mol. The third kappa shape index (κ3) is 8.06. The molecule has 0 unspecified atom stereocenters. The summed E-state index contributed by atoms with van der Waals surface area (Å²) in [5, 5.41) is 0. The van der Waals surface area contributed by atoms with Crippen molar-refractivity contribution in [3.05, 3.63) is 91.7 Å². The Morgan fingerprint density at radius 3 is 1.21 bits per heavy atom. The highest BCUT2D eigenvalue weighted by atomic mass is 32.2. The fraction of sp³-hybridized carbons (Fsp3) is 0.393. The van der Waals surface area contributed by atoms with E-state index in [1.165, 1.54) is 99.9 Å². The summed E-state index contributed by atoms with van der Waals surface area (Å²) in [5.41, 5.74) is 15.5. The average Bonchev–Trinajstić information content (AvgIpc) is 4.20. The number of fused-ring (bicyclic) bond motifs is 8. The molecule has 0 spiro atoms. The number of rotatable bonds is 14. The van der Waals surface area contributed by atoms with Gasteiger partial charge >= 0.3 is 0 Å². The number of carbonyl (C=O) groups is 2. The highest BCUT2D eigenvalue weighted by molar-refractivity contribution is 8.27. The standard InChI is InChI=1S/C56H56N6O2S8/c1-11-61-51(63)43(69-53(61)65)17-31-13-15-33(47-45(31)57-71-59-47)41-21-39-49(67-41)35-19-38-36(20-37(35)55(39,23-27(3)4)24-28(5)6)50-40(56(38,25-29(7)8)26-30(9)10)22-42(68-50)34-16-14-32(46-48(34)60-72-58-46)18-44-52(64)62(12-2)54(66)70-44/h13-22,27-30H,11-12,23-26H2,1-10H3/b43-17-,44-18-. The van der Waals surface area contributed by atoms with Gasteiger partial charge in [-0.25, -0.2) is 0 Å². The Morgan fingerprint density at radius 1 is 0.514 bits per heavy atom. The first-order valence-electron chi connectivity index (χ1n) is 25.0. The van der Waals surface area contributed by atoms with Crippen molar-refractivity contribution in [1.29, 1.82) is 0 Å². The number of thioether (sulfide) groups is 2. The van der Waals surface area contributed by atoms with Crippen LogP contribution in [0.5, 0.6) is 0 Å². The van der Waals surface area contributed by atoms with Crippen molar-refractivity contribution in [2.75, 3.05) is 13.1 Å². The molecule has 2 aliphatic carbocycles. The van der Waals surface area contributed by atoms with Crippen LogP contribution in [0, 0.1) is 23.7 Å². The molecule has 7 aromatic rings. The van der Waals surface area contributed by atoms with Crippen LogP contribution in [0.15, 0.2) is 58.3 Å². The summed E-state index contributed by atoms with van der Waals surface area (Å²) in [7, 11) is 0. The molecule has 72 heavy (non-hydrogen) atoms. The van der Waals surface area contributed by atoms with Gasteiger partial charge in [0.1, 0.15) is 30.7 Å². The third-order valence-corrected chi connectivity index (χ3v) is 20.8. The topological polar surface area (TPSA) is 92.2 Å². The van der Waals surface area contributed by atoms with Crippen LogP contribution in [0.2, 0.25) is 0 Å². The average molecular weight is 1100 g/mol. The molecule has 0 saturated carbocycles. The van der Waals surface area contributed by atoms with Crippen LogP contribution in [0.3, 0.4) is 0 Å². The van der Waals surface area contributed by atoms with Crippen LogP contribution in [0.25, 0.3) is 76.0 Å². The highest BCUT2D eigenvalue weighted by Gasteiger charge is 2.51. The molecule has 11 rings (SSSR count). The number of hydrogen-bond donors (Lipinski definition) is 0. The predicted octanol–water partition coefficient (Wildman–Crippen LogP) is 16.3. The van der Waals surface area contributed by atoms with Crippen molar-refractivity contribution in [2.45, 2.75) is 106 Å². The zero-order valence-corrected chi connectivity index (χ0v) is 48.6. The molecule has 2 aliphatic heterocycles. The number of aromatic nitrogens is 4. The van der Waals surface area contributed by atoms with E-state index in [4.69, 9.17) is 41.9 Å². The molecular weight excluding hydrogens is 1050 g/mol. The fourth-order valence-electron chi connectivity index (χ4n) is 12.3. The van der Waals surface area contributed by atoms with E-state index >= 15 is 0 Å². The first-order chi connectivity index (χ1) is 34.5. The van der Waals surface area contributed by atoms with Crippen LogP contribution < -0.4 is 0 Å². The van der Waals surface area contributed by atoms with Crippen molar-refractivity contribution in [3.8, 4) is 41.8 Å². The van der Waals surface area contributed by atoms with Gasteiger partial charge in [0.25, 0.3) is 11.8 Å². The van der Waals surface area contributed by atoms with Gasteiger partial charge < -0.3 is 0 Å². The molecule has 2 amide bonds. The summed E-state index contributed by atoms with van der Waals surface area (Å²) in [6.07, 6.45) is 8.04. The maximum Gasteiger partial charge on any atom is 0.266 e. The largest absolute Gasteiger partial charge is 0.293 e. The van der Waals surface area contributed by atoms with Crippen LogP contribution in [0.1, 0.15) is 128 Å². The van der Waals surface area contributed by atoms with Gasteiger partial charge in [-0.1, -0.05) is 128 Å². The molecule has 16 heteroatoms. The van der Waals surface area contributed by atoms with E-state index in [-0.39, 0.29) is 22.6 Å². The molecule has 8 nitrogen and oxygen atoms in total. The van der Waals surface area contributed by atoms with Gasteiger partial charge in [0, 0.05) is 65.7 Å². The first kappa shape index (κ1) is 50.2. The van der Waals surface area contributed by atoms with Gasteiger partial charge in [0.2, 0.25) is 0 Å². The van der Waals surface area contributed by atoms with E-state index in [2.05, 4.69) is 104 Å². The summed E-state index contributed by atoms with van der Waals surface area (Å²) < 4.78 is 20.7. The van der Waals surface area contributed by atoms with Gasteiger partial charge in [0.15, 0.2) is 0 Å². The number of thiocarbonyl (C=S) groups is 2. The number of benzene rings is 3. The van der Waals surface area contributed by atoms with Crippen molar-refractivity contribution in [1.82, 2.24) is 27.3 Å². The maximum absolute atomic E-state index is 13.3. The van der Waals surface area contributed by atoms with Crippen LogP contribution in [-0.2, 0) is 20.4 Å². The van der Waals surface area contributed by atoms with E-state index in [1.54, 1.807) is 9.80 Å². The minimum absolute atomic E-state index is 0.0527. The van der Waals surface area contributed by atoms with Crippen molar-refractivity contribution < 1.29 is 9.59 Å². The number of hydrogen-bond acceptors (Lipinski definition) is 14. The van der Waals surface area contributed by atoms with E-state index in [0.29, 0.717) is 55.2 Å². The molecule has 0 atom stereocenters. The summed E-state index contributed by atoms with van der Waals surface area (Å²) in [6.45, 7) is 24.1. The van der Waals surface area contributed by atoms with Crippen molar-refractivity contribution >= 4 is 149 Å². The van der Waals surface area contributed by atoms with Crippen molar-refractivity contribution in [2.24, 2.45) is 23.7 Å². The minimum atomic E-state index is -0.189. The number of amides is 2. The van der Waals surface area contributed by atoms with E-state index < -0.39 is 0 Å². The van der Waals surface area contributed by atoms with Gasteiger partial charge in [-0.05, 0) is 133 Å². The molecule has 0 bridgehead atoms. The van der Waals surface area contributed by atoms with Crippen LogP contribution in [0.4, 0.5) is 0 Å². The Morgan fingerprint density at radius 2 is 0.875 bits per heavy atom. The lowest BCUT2D eigenvalue weighted by Gasteiger charge is -2.37. The van der Waals surface area contributed by atoms with Gasteiger partial charge in [-0.2, -0.15) is 17.5 Å². The molecule has 370 valence electrons. The van der Waals surface area contributed by atoms with Crippen molar-refractivity contribution in [3.63, 3.8) is 0 Å². The molecule has 4 aliphatic rings. The number of likely N-dealkylation sites (N-methyl/N-ethyl adjacent to an activating group) is 2. The SMILES string of the molecule is CCN1C(=O)/C(=C/c2ccc(-c3cc4c(s3)-c3cc5c(cc3C4(CC(C)C)CC(C)C)-c3sc(-c4ccc(/C=C6\SC(=S)N(CC)C6=O)c6nsnc46)cc3C5(CC(C)C)CC(C)C)c3nsnc23)SC1=S. The molecule has 0 N–H and O–H groups in total. The molecule has 2 fully saturated rings. The second-order valence-electron chi connectivity index (χ2n) is 21.4. The lowest BCUT2D eigenvalue weighted by atomic mass is 9.66. The van der Waals surface area contributed by atoms with E-state index in [1.807, 2.05) is 48.7 Å². The minimum Gasteiger partial charge on any atom is -0.293 e. The summed E-state index contributed by atoms with van der Waals surface area (Å²) in [5.74, 6) is 1.72. The highest BCUT2D eigenvalue weighted by Crippen LogP contribution is 2.65. The molecular formula is C56H56N6O2S8. The molecule has 3 aromatic carbocycles. The smallest absolute Gasteiger partial charge is 0.266 e. The Bertz CT molecular complexity index is 3250. The Hall–Kier alpha value is -4.00. The quantitative estimate of drug-likeness (QED) is 0.0774. The lowest BCUT2D eigenvalue weighted by molar-refractivity contribution is -0.122. The molecule has 4 aromatic heterocycles. The van der Waals surface area contributed by atoms with E-state index in [0.717, 1.165) is 70.0 Å². The first-order valence-corrected chi connectivity index (χ1v) is 30.5. The Kier molecular flexibility index (Phi) is 13.2. The van der Waals surface area contributed by atoms with Gasteiger partial charge in [-0.3, -0.25) is 19.4 Å². The van der Waals surface area contributed by atoms with Gasteiger partial charge in [-0.15, -0.1) is 22.7 Å². The lowest BCUT2D eigenvalue weighted by Crippen LogP contribution is -2.30. The molecule has 6 heterocycles. The molecule has 0 radical (unpaired) electrons. The number of carbonyl (C=O) groups excluding carboxylic acids is 2. The van der Waals surface area contributed by atoms with Gasteiger partial charge in [0.05, 0.1) is 33.3 Å². The van der Waals surface area contributed by atoms with Crippen LogP contribution >= 0.6 is 94.1 Å². The normalized spacial score (nSPS) is 18.1. The summed E-state index contributed by atoms with van der Waals surface area (Å²) in [4.78, 5) is 36.2. The Labute approximate surface area is 457 Å². The monoisotopic (exact) mass is 1100 g/mol. The molecule has 2 saturated heterocycles. The zero-order valence-electron chi connectivity index (χ0n) is 42.1. The summed E-state index contributed by atoms with van der Waals surface area (Å²) >= 11 is 20.1. The maximum atomic E-state index is 13.3.